The van der Waals surface area contributed by atoms with Gasteiger partial charge in [0.2, 0.25) is 0 Å². The maximum Gasteiger partial charge on any atom is 0.150 e. The Morgan fingerprint density at radius 3 is 2.55 bits per heavy atom. The first-order chi connectivity index (χ1) is 5.15. The van der Waals surface area contributed by atoms with E-state index in [2.05, 4.69) is 15.5 Å². The molecule has 0 radical (unpaired) electrons. The lowest BCUT2D eigenvalue weighted by Crippen LogP contribution is -2.55. The molecular weight excluding hydrogens is 140 g/mol. The second-order valence-electron chi connectivity index (χ2n) is 2.71. The van der Waals surface area contributed by atoms with Crippen molar-refractivity contribution in [2.24, 2.45) is 15.9 Å². The van der Waals surface area contributed by atoms with Crippen LogP contribution >= 0.6 is 0 Å². The number of nitrogens with two attached hydrogens (primary N) is 1. The zero-order valence-electron chi connectivity index (χ0n) is 7.18. The maximum atomic E-state index is 6.03. The van der Waals surface area contributed by atoms with Gasteiger partial charge in [-0.1, -0.05) is 6.92 Å². The molecule has 0 amide bonds. The van der Waals surface area contributed by atoms with Crippen LogP contribution < -0.4 is 11.1 Å². The summed E-state index contributed by atoms with van der Waals surface area (Å²) in [6, 6.07) is 0. The molecule has 1 unspecified atom stereocenters. The van der Waals surface area contributed by atoms with Crippen LogP contribution in [0.5, 0.6) is 0 Å². The summed E-state index contributed by atoms with van der Waals surface area (Å²) in [7, 11) is 1.81. The third kappa shape index (κ3) is 1.03. The lowest BCUT2D eigenvalue weighted by Gasteiger charge is -2.23. The van der Waals surface area contributed by atoms with Gasteiger partial charge in [0.25, 0.3) is 0 Å². The van der Waals surface area contributed by atoms with Crippen LogP contribution in [0.2, 0.25) is 0 Å². The molecule has 0 saturated heterocycles. The van der Waals surface area contributed by atoms with Gasteiger partial charge in [-0.25, -0.2) is 0 Å². The lowest BCUT2D eigenvalue weighted by molar-refractivity contribution is 0.696. The quantitative estimate of drug-likeness (QED) is 0.562. The van der Waals surface area contributed by atoms with Crippen LogP contribution in [0.3, 0.4) is 0 Å². The molecule has 1 aliphatic rings. The summed E-state index contributed by atoms with van der Waals surface area (Å²) in [5, 5.41) is 10.8. The molecule has 1 atom stereocenters. The Kier molecular flexibility index (Phi) is 1.95. The fourth-order valence-electron chi connectivity index (χ4n) is 1.17. The van der Waals surface area contributed by atoms with E-state index in [0.29, 0.717) is 0 Å². The largest absolute Gasteiger partial charge is 0.373 e. The number of nitrogens with one attached hydrogen (secondary N) is 1. The van der Waals surface area contributed by atoms with E-state index in [1.54, 1.807) is 0 Å². The van der Waals surface area contributed by atoms with Gasteiger partial charge in [0.1, 0.15) is 5.54 Å². The van der Waals surface area contributed by atoms with Gasteiger partial charge >= 0.3 is 0 Å². The standard InChI is InChI=1S/C7H14N4/c1-4-7(8)5(2)10-11-6(7)9-3/h4,8H2,1-3H3,(H,9,11). The fraction of sp³-hybridized carbons (Fsp3) is 0.714. The third-order valence-corrected chi connectivity index (χ3v) is 2.16. The average molecular weight is 154 g/mol. The number of likely N-dealkylation sites (N-methyl/N-ethyl adjacent to an activating group) is 1. The van der Waals surface area contributed by atoms with Crippen molar-refractivity contribution >= 4 is 11.5 Å². The van der Waals surface area contributed by atoms with Crippen molar-refractivity contribution in [1.82, 2.24) is 5.32 Å². The summed E-state index contributed by atoms with van der Waals surface area (Å²) >= 11 is 0. The Morgan fingerprint density at radius 2 is 2.18 bits per heavy atom. The average Bonchev–Trinajstić information content (AvgIpc) is 2.30. The molecule has 62 valence electrons. The molecular formula is C7H14N4. The summed E-state index contributed by atoms with van der Waals surface area (Å²) in [6.45, 7) is 3.93. The highest BCUT2D eigenvalue weighted by Gasteiger charge is 2.36. The van der Waals surface area contributed by atoms with E-state index >= 15 is 0 Å². The normalized spacial score (nSPS) is 29.8. The van der Waals surface area contributed by atoms with Crippen LogP contribution in [0.15, 0.2) is 10.2 Å². The third-order valence-electron chi connectivity index (χ3n) is 2.16. The summed E-state index contributed by atoms with van der Waals surface area (Å²) in [5.41, 5.74) is 6.46. The maximum absolute atomic E-state index is 6.03. The number of hydrogen-bond acceptors (Lipinski definition) is 4. The van der Waals surface area contributed by atoms with Gasteiger partial charge in [-0.3, -0.25) is 0 Å². The molecule has 11 heavy (non-hydrogen) atoms. The van der Waals surface area contributed by atoms with Crippen molar-refractivity contribution in [3.63, 3.8) is 0 Å². The van der Waals surface area contributed by atoms with Gasteiger partial charge < -0.3 is 11.1 Å². The van der Waals surface area contributed by atoms with Gasteiger partial charge in [0, 0.05) is 7.05 Å². The highest BCUT2D eigenvalue weighted by Crippen LogP contribution is 2.15. The second-order valence-corrected chi connectivity index (χ2v) is 2.71. The molecule has 0 spiro atoms. The van der Waals surface area contributed by atoms with E-state index in [-0.39, 0.29) is 0 Å². The summed E-state index contributed by atoms with van der Waals surface area (Å²) in [4.78, 5) is 0. The number of rotatable bonds is 1. The van der Waals surface area contributed by atoms with Crippen molar-refractivity contribution in [3.05, 3.63) is 0 Å². The van der Waals surface area contributed by atoms with Gasteiger partial charge in [-0.2, -0.15) is 5.10 Å². The van der Waals surface area contributed by atoms with Crippen LogP contribution in [0, 0.1) is 0 Å². The molecule has 1 rings (SSSR count). The lowest BCUT2D eigenvalue weighted by atomic mass is 9.91. The Bertz CT molecular complexity index is 218. The minimum absolute atomic E-state index is 0.450. The first-order valence-electron chi connectivity index (χ1n) is 3.75. The summed E-state index contributed by atoms with van der Waals surface area (Å²) in [5.74, 6) is 0.762. The molecule has 4 nitrogen and oxygen atoms in total. The Balaban J connectivity index is 2.91. The predicted molar refractivity (Wildman–Crippen MR) is 46.8 cm³/mol. The Labute approximate surface area is 66.6 Å². The first kappa shape index (κ1) is 8.20. The van der Waals surface area contributed by atoms with E-state index < -0.39 is 5.54 Å². The number of nitrogens with zero attached hydrogens (tertiary/aromatic N) is 2. The molecule has 0 aromatic heterocycles. The minimum Gasteiger partial charge on any atom is -0.373 e. The zero-order valence-corrected chi connectivity index (χ0v) is 7.18. The minimum atomic E-state index is -0.450. The number of amidine groups is 1. The molecule has 1 heterocycles. The SMILES string of the molecule is CCC1(N)C(C)=NN=C1NC. The summed E-state index contributed by atoms with van der Waals surface area (Å²) < 4.78 is 0. The second kappa shape index (κ2) is 2.62. The zero-order chi connectivity index (χ0) is 8.48. The molecule has 0 aromatic rings. The van der Waals surface area contributed by atoms with E-state index in [0.717, 1.165) is 18.0 Å². The van der Waals surface area contributed by atoms with Crippen LogP contribution in [0.25, 0.3) is 0 Å². The van der Waals surface area contributed by atoms with Gasteiger partial charge in [-0.15, -0.1) is 5.10 Å². The molecule has 0 fully saturated rings. The fourth-order valence-corrected chi connectivity index (χ4v) is 1.17. The summed E-state index contributed by atoms with van der Waals surface area (Å²) in [6.07, 6.45) is 0.821. The monoisotopic (exact) mass is 154 g/mol. The van der Waals surface area contributed by atoms with Gasteiger partial charge in [-0.05, 0) is 13.3 Å². The molecule has 1 aliphatic heterocycles. The van der Waals surface area contributed by atoms with Gasteiger partial charge in [0.05, 0.1) is 5.71 Å². The van der Waals surface area contributed by atoms with Crippen molar-refractivity contribution < 1.29 is 0 Å². The van der Waals surface area contributed by atoms with E-state index in [9.17, 15) is 0 Å². The van der Waals surface area contributed by atoms with Crippen molar-refractivity contribution in [2.45, 2.75) is 25.8 Å². The predicted octanol–water partition coefficient (Wildman–Crippen LogP) is 0.101. The van der Waals surface area contributed by atoms with Crippen LogP contribution in [-0.2, 0) is 0 Å². The molecule has 4 heteroatoms. The van der Waals surface area contributed by atoms with Crippen molar-refractivity contribution in [3.8, 4) is 0 Å². The van der Waals surface area contributed by atoms with Gasteiger partial charge in [0.15, 0.2) is 5.84 Å². The van der Waals surface area contributed by atoms with Crippen LogP contribution in [-0.4, -0.2) is 24.1 Å². The molecule has 0 bridgehead atoms. The van der Waals surface area contributed by atoms with E-state index in [4.69, 9.17) is 5.73 Å². The van der Waals surface area contributed by atoms with Crippen LogP contribution in [0.1, 0.15) is 20.3 Å². The molecule has 3 N–H and O–H groups in total. The highest BCUT2D eigenvalue weighted by atomic mass is 15.3. The smallest absolute Gasteiger partial charge is 0.150 e. The highest BCUT2D eigenvalue weighted by molar-refractivity contribution is 6.16. The van der Waals surface area contributed by atoms with E-state index in [1.165, 1.54) is 0 Å². The topological polar surface area (TPSA) is 62.8 Å². The molecule has 0 aliphatic carbocycles. The molecule has 0 aromatic carbocycles. The Hall–Kier alpha value is -0.900. The van der Waals surface area contributed by atoms with E-state index in [1.807, 2.05) is 20.9 Å². The Morgan fingerprint density at radius 1 is 1.55 bits per heavy atom. The number of hydrogen-bond donors (Lipinski definition) is 2. The van der Waals surface area contributed by atoms with Crippen molar-refractivity contribution in [1.29, 1.82) is 0 Å². The first-order valence-corrected chi connectivity index (χ1v) is 3.75. The van der Waals surface area contributed by atoms with Crippen molar-refractivity contribution in [2.75, 3.05) is 7.05 Å². The molecule has 0 saturated carbocycles. The van der Waals surface area contributed by atoms with Crippen LogP contribution in [0.4, 0.5) is 0 Å².